The van der Waals surface area contributed by atoms with Crippen LogP contribution in [0.15, 0.2) is 12.2 Å². The Morgan fingerprint density at radius 1 is 1.40 bits per heavy atom. The van der Waals surface area contributed by atoms with Crippen LogP contribution in [0.2, 0.25) is 0 Å². The van der Waals surface area contributed by atoms with Gasteiger partial charge in [-0.2, -0.15) is 0 Å². The number of hydrogen-bond donors (Lipinski definition) is 0. The maximum Gasteiger partial charge on any atom is 0.367 e. The van der Waals surface area contributed by atoms with Crippen molar-refractivity contribution in [2.75, 3.05) is 13.4 Å². The summed E-state index contributed by atoms with van der Waals surface area (Å²) >= 11 is 1.11. The van der Waals surface area contributed by atoms with Crippen LogP contribution in [0.4, 0.5) is 4.79 Å². The smallest absolute Gasteiger partial charge is 0.367 e. The highest BCUT2D eigenvalue weighted by molar-refractivity contribution is 8.12. The molecule has 1 aliphatic rings. The van der Waals surface area contributed by atoms with Crippen molar-refractivity contribution < 1.29 is 14.3 Å². The lowest BCUT2D eigenvalue weighted by atomic mass is 10.0. The van der Waals surface area contributed by atoms with E-state index in [1.54, 1.807) is 13.4 Å². The lowest BCUT2D eigenvalue weighted by Gasteiger charge is -2.20. The fraction of sp³-hybridized carbons (Fsp3) is 0.727. The average Bonchev–Trinajstić information content (AvgIpc) is 2.22. The molecule has 3 nitrogen and oxygen atoms in total. The van der Waals surface area contributed by atoms with Gasteiger partial charge in [-0.05, 0) is 49.8 Å². The highest BCUT2D eigenvalue weighted by atomic mass is 32.2. The molecule has 0 aromatic rings. The topological polar surface area (TPSA) is 35.5 Å². The number of carbonyl (C=O) groups excluding carboxylic acids is 1. The summed E-state index contributed by atoms with van der Waals surface area (Å²) in [5.41, 5.74) is 0. The van der Waals surface area contributed by atoms with E-state index in [0.717, 1.165) is 37.4 Å². The monoisotopic (exact) mass is 230 g/mol. The van der Waals surface area contributed by atoms with Crippen LogP contribution >= 0.6 is 11.8 Å². The van der Waals surface area contributed by atoms with E-state index in [2.05, 4.69) is 6.08 Å². The number of ether oxygens (including phenoxy) is 2. The number of methoxy groups -OCH3 is 1. The molecule has 2 unspecified atom stereocenters. The first-order chi connectivity index (χ1) is 7.26. The third-order valence-corrected chi connectivity index (χ3v) is 2.96. The molecule has 86 valence electrons. The van der Waals surface area contributed by atoms with E-state index in [-0.39, 0.29) is 11.4 Å². The van der Waals surface area contributed by atoms with Crippen LogP contribution in [0.5, 0.6) is 0 Å². The summed E-state index contributed by atoms with van der Waals surface area (Å²) in [5.74, 6) is 0. The highest BCUT2D eigenvalue weighted by Gasteiger charge is 2.16. The van der Waals surface area contributed by atoms with Crippen LogP contribution < -0.4 is 0 Å². The average molecular weight is 230 g/mol. The molecule has 1 aliphatic carbocycles. The third kappa shape index (κ3) is 4.71. The summed E-state index contributed by atoms with van der Waals surface area (Å²) in [6.07, 6.45) is 9.85. The second-order valence-electron chi connectivity index (χ2n) is 3.55. The van der Waals surface area contributed by atoms with Gasteiger partial charge in [0.1, 0.15) is 6.10 Å². The van der Waals surface area contributed by atoms with Gasteiger partial charge in [-0.3, -0.25) is 0 Å². The Morgan fingerprint density at radius 3 is 2.87 bits per heavy atom. The van der Waals surface area contributed by atoms with E-state index < -0.39 is 0 Å². The van der Waals surface area contributed by atoms with Crippen molar-refractivity contribution in [3.8, 4) is 0 Å². The van der Waals surface area contributed by atoms with Gasteiger partial charge < -0.3 is 9.47 Å². The lowest BCUT2D eigenvalue weighted by molar-refractivity contribution is 0.0695. The van der Waals surface area contributed by atoms with E-state index in [1.807, 2.05) is 6.08 Å². The molecule has 2 atom stereocenters. The van der Waals surface area contributed by atoms with E-state index in [9.17, 15) is 4.79 Å². The molecule has 15 heavy (non-hydrogen) atoms. The minimum atomic E-state index is -0.209. The van der Waals surface area contributed by atoms with Gasteiger partial charge in [0.05, 0.1) is 6.10 Å². The Bertz CT molecular complexity index is 228. The molecular weight excluding hydrogens is 212 g/mol. The first-order valence-corrected chi connectivity index (χ1v) is 6.42. The summed E-state index contributed by atoms with van der Waals surface area (Å²) in [4.78, 5) is 11.1. The minimum absolute atomic E-state index is 0.0806. The van der Waals surface area contributed by atoms with Gasteiger partial charge in [-0.15, -0.1) is 0 Å². The molecule has 4 heteroatoms. The zero-order chi connectivity index (χ0) is 11.1. The fourth-order valence-corrected chi connectivity index (χ4v) is 1.85. The zero-order valence-corrected chi connectivity index (χ0v) is 10.1. The molecule has 1 rings (SSSR count). The van der Waals surface area contributed by atoms with Crippen LogP contribution in [0, 0.1) is 0 Å². The summed E-state index contributed by atoms with van der Waals surface area (Å²) < 4.78 is 10.6. The van der Waals surface area contributed by atoms with Gasteiger partial charge in [-0.25, -0.2) is 4.79 Å². The number of hydrogen-bond acceptors (Lipinski definition) is 4. The Morgan fingerprint density at radius 2 is 2.20 bits per heavy atom. The normalized spacial score (nSPS) is 28.9. The van der Waals surface area contributed by atoms with Gasteiger partial charge in [0, 0.05) is 7.11 Å². The molecule has 0 heterocycles. The van der Waals surface area contributed by atoms with E-state index in [1.165, 1.54) is 0 Å². The van der Waals surface area contributed by atoms with Crippen molar-refractivity contribution in [2.45, 2.75) is 37.9 Å². The third-order valence-electron chi connectivity index (χ3n) is 2.53. The molecule has 0 aromatic heterocycles. The molecule has 0 N–H and O–H groups in total. The highest BCUT2D eigenvalue weighted by Crippen LogP contribution is 2.18. The van der Waals surface area contributed by atoms with E-state index in [0.29, 0.717) is 6.10 Å². The molecule has 0 saturated carbocycles. The van der Waals surface area contributed by atoms with Crippen LogP contribution in [0.25, 0.3) is 0 Å². The van der Waals surface area contributed by atoms with Crippen LogP contribution in [0.1, 0.15) is 25.7 Å². The number of allylic oxidation sites excluding steroid dienone is 1. The van der Waals surface area contributed by atoms with Crippen molar-refractivity contribution in [1.82, 2.24) is 0 Å². The lowest BCUT2D eigenvalue weighted by Crippen LogP contribution is -2.19. The second-order valence-corrected chi connectivity index (χ2v) is 4.29. The maximum atomic E-state index is 11.1. The molecular formula is C11H18O3S. The Kier molecular flexibility index (Phi) is 5.79. The standard InChI is InChI=1S/C11H18O3S/c1-13-9-5-3-4-6-10(8-7-9)14-11(12)15-2/h4,6,9-10H,3,5,7-8H2,1-2H3/b6-4+. The summed E-state index contributed by atoms with van der Waals surface area (Å²) in [6.45, 7) is 0. The quantitative estimate of drug-likeness (QED) is 0.539. The molecule has 0 amide bonds. The van der Waals surface area contributed by atoms with Gasteiger partial charge in [0.15, 0.2) is 0 Å². The number of rotatable bonds is 2. The van der Waals surface area contributed by atoms with Crippen molar-refractivity contribution in [3.05, 3.63) is 12.2 Å². The second kappa shape index (κ2) is 6.90. The predicted octanol–water partition coefficient (Wildman–Crippen LogP) is 3.00. The van der Waals surface area contributed by atoms with Crippen LogP contribution in [-0.2, 0) is 9.47 Å². The first kappa shape index (κ1) is 12.6. The molecule has 0 aromatic carbocycles. The Labute approximate surface area is 95.2 Å². The van der Waals surface area contributed by atoms with Gasteiger partial charge >= 0.3 is 5.30 Å². The fourth-order valence-electron chi connectivity index (χ4n) is 1.63. The van der Waals surface area contributed by atoms with Crippen molar-refractivity contribution >= 4 is 17.1 Å². The molecule has 0 aliphatic heterocycles. The minimum Gasteiger partial charge on any atom is -0.450 e. The largest absolute Gasteiger partial charge is 0.450 e. The van der Waals surface area contributed by atoms with Gasteiger partial charge in [-0.1, -0.05) is 6.08 Å². The SMILES string of the molecule is COC1CC/C=C/C(OC(=O)SC)CC1. The zero-order valence-electron chi connectivity index (χ0n) is 9.27. The van der Waals surface area contributed by atoms with Crippen molar-refractivity contribution in [1.29, 1.82) is 0 Å². The first-order valence-electron chi connectivity index (χ1n) is 5.20. The van der Waals surface area contributed by atoms with E-state index in [4.69, 9.17) is 9.47 Å². The van der Waals surface area contributed by atoms with Crippen LogP contribution in [-0.4, -0.2) is 30.9 Å². The van der Waals surface area contributed by atoms with Crippen LogP contribution in [0.3, 0.4) is 0 Å². The van der Waals surface area contributed by atoms with Gasteiger partial charge in [0.25, 0.3) is 0 Å². The summed E-state index contributed by atoms with van der Waals surface area (Å²) in [5, 5.41) is -0.209. The summed E-state index contributed by atoms with van der Waals surface area (Å²) in [7, 11) is 1.74. The molecule has 0 radical (unpaired) electrons. The van der Waals surface area contributed by atoms with Crippen molar-refractivity contribution in [3.63, 3.8) is 0 Å². The predicted molar refractivity (Wildman–Crippen MR) is 62.2 cm³/mol. The van der Waals surface area contributed by atoms with E-state index >= 15 is 0 Å². The Hall–Kier alpha value is -0.480. The van der Waals surface area contributed by atoms with Crippen molar-refractivity contribution in [2.24, 2.45) is 0 Å². The molecule has 0 saturated heterocycles. The molecule has 0 fully saturated rings. The molecule has 0 bridgehead atoms. The molecule has 0 spiro atoms. The number of carbonyl (C=O) groups is 1. The summed E-state index contributed by atoms with van der Waals surface area (Å²) in [6, 6.07) is 0. The number of thioether (sulfide) groups is 1. The van der Waals surface area contributed by atoms with Gasteiger partial charge in [0.2, 0.25) is 0 Å². The maximum absolute atomic E-state index is 11.1. The Balaban J connectivity index is 2.43.